The molecular weight excluding hydrogens is 547 g/mol. The Bertz CT molecular complexity index is 1730. The van der Waals surface area contributed by atoms with E-state index in [9.17, 15) is 4.79 Å². The first-order valence-corrected chi connectivity index (χ1v) is 13.6. The number of nitrogens with one attached hydrogen (secondary N) is 1. The number of benzene rings is 2. The Balaban J connectivity index is 1.31. The first-order chi connectivity index (χ1) is 19.6. The summed E-state index contributed by atoms with van der Waals surface area (Å²) < 4.78 is 32.4. The van der Waals surface area contributed by atoms with Crippen LogP contribution in [0.3, 0.4) is 0 Å². The molecule has 3 aromatic heterocycles. The van der Waals surface area contributed by atoms with Gasteiger partial charge in [0.2, 0.25) is 5.88 Å². The Morgan fingerprint density at radius 3 is 2.54 bits per heavy atom. The number of pyridine rings is 1. The van der Waals surface area contributed by atoms with Crippen LogP contribution in [0, 0.1) is 12.7 Å². The lowest BCUT2D eigenvalue weighted by Gasteiger charge is -2.22. The predicted octanol–water partition coefficient (Wildman–Crippen LogP) is 6.23. The number of ether oxygens (including phenoxy) is 3. The summed E-state index contributed by atoms with van der Waals surface area (Å²) in [6.45, 7) is 5.35. The topological polar surface area (TPSA) is 112 Å². The minimum atomic E-state index is -0.676. The van der Waals surface area contributed by atoms with Gasteiger partial charge in [-0.3, -0.25) is 5.32 Å². The van der Waals surface area contributed by atoms with Crippen molar-refractivity contribution in [2.75, 3.05) is 31.4 Å². The number of hydrogen-bond donors (Lipinski definition) is 1. The van der Waals surface area contributed by atoms with Crippen molar-refractivity contribution in [3.63, 3.8) is 0 Å². The molecule has 1 amide bonds. The van der Waals surface area contributed by atoms with Gasteiger partial charge in [0.1, 0.15) is 23.0 Å². The van der Waals surface area contributed by atoms with Gasteiger partial charge in [0, 0.05) is 31.8 Å². The van der Waals surface area contributed by atoms with Crippen LogP contribution in [0.5, 0.6) is 11.6 Å². The Labute approximate surface area is 240 Å². The lowest BCUT2D eigenvalue weighted by atomic mass is 10.1. The van der Waals surface area contributed by atoms with Crippen molar-refractivity contribution in [1.82, 2.24) is 19.9 Å². The highest BCUT2D eigenvalue weighted by Gasteiger charge is 2.22. The molecule has 3 heterocycles. The minimum Gasteiger partial charge on any atom is -0.484 e. The summed E-state index contributed by atoms with van der Waals surface area (Å²) in [4.78, 5) is 32.2. The maximum atomic E-state index is 15.1. The first kappa shape index (κ1) is 28.0. The quantitative estimate of drug-likeness (QED) is 0.230. The largest absolute Gasteiger partial charge is 0.484 e. The van der Waals surface area contributed by atoms with E-state index in [0.717, 1.165) is 21.6 Å². The lowest BCUT2D eigenvalue weighted by molar-refractivity contribution is 0.0402. The second-order valence-electron chi connectivity index (χ2n) is 9.72. The molecule has 0 spiro atoms. The van der Waals surface area contributed by atoms with E-state index in [0.29, 0.717) is 33.1 Å². The smallest absolute Gasteiger partial charge is 0.412 e. The summed E-state index contributed by atoms with van der Waals surface area (Å²) >= 11 is 1.40. The van der Waals surface area contributed by atoms with Crippen molar-refractivity contribution in [3.05, 3.63) is 60.2 Å². The monoisotopic (exact) mass is 576 g/mol. The molecule has 0 aliphatic heterocycles. The number of thiazole rings is 1. The Morgan fingerprint density at radius 2 is 1.83 bits per heavy atom. The number of halogens is 1. The highest BCUT2D eigenvalue weighted by Crippen LogP contribution is 2.37. The van der Waals surface area contributed by atoms with Crippen molar-refractivity contribution in [2.45, 2.75) is 33.0 Å². The molecule has 212 valence electrons. The zero-order valence-corrected chi connectivity index (χ0v) is 24.2. The lowest BCUT2D eigenvalue weighted by Crippen LogP contribution is -2.32. The summed E-state index contributed by atoms with van der Waals surface area (Å²) in [5.41, 5.74) is 4.13. The van der Waals surface area contributed by atoms with E-state index in [4.69, 9.17) is 14.2 Å². The number of anilines is 2. The molecule has 0 aliphatic rings. The molecule has 10 nitrogen and oxygen atoms in total. The van der Waals surface area contributed by atoms with Gasteiger partial charge in [0.15, 0.2) is 11.6 Å². The number of fused-ring (bicyclic) bond motifs is 2. The van der Waals surface area contributed by atoms with E-state index >= 15 is 4.39 Å². The summed E-state index contributed by atoms with van der Waals surface area (Å²) in [5.74, 6) is 0.650. The average molecular weight is 577 g/mol. The highest BCUT2D eigenvalue weighted by atomic mass is 32.1. The normalized spacial score (nSPS) is 12.7. The van der Waals surface area contributed by atoms with Gasteiger partial charge in [-0.1, -0.05) is 0 Å². The molecule has 12 heteroatoms. The molecule has 0 aliphatic carbocycles. The van der Waals surface area contributed by atoms with Crippen molar-refractivity contribution in [3.8, 4) is 22.2 Å². The number of aromatic nitrogens is 4. The number of rotatable bonds is 8. The Kier molecular flexibility index (Phi) is 7.84. The van der Waals surface area contributed by atoms with E-state index < -0.39 is 24.1 Å². The van der Waals surface area contributed by atoms with E-state index in [-0.39, 0.29) is 5.75 Å². The fourth-order valence-corrected chi connectivity index (χ4v) is 5.07. The molecular formula is C29H29FN6O4S. The number of carbonyl (C=O) groups is 1. The number of methoxy groups -OCH3 is 1. The molecule has 5 aromatic rings. The van der Waals surface area contributed by atoms with Crippen LogP contribution in [-0.2, 0) is 4.74 Å². The zero-order chi connectivity index (χ0) is 29.3. The summed E-state index contributed by atoms with van der Waals surface area (Å²) in [6.07, 6.45) is 1.12. The number of aryl methyl sites for hydroxylation is 1. The Hall–Kier alpha value is -4.58. The first-order valence-electron chi connectivity index (χ1n) is 12.8. The summed E-state index contributed by atoms with van der Waals surface area (Å²) in [5, 5.41) is 3.32. The van der Waals surface area contributed by atoms with Crippen molar-refractivity contribution in [1.29, 1.82) is 0 Å². The number of amides is 1. The number of carbonyl (C=O) groups excluding carboxylic acids is 1. The van der Waals surface area contributed by atoms with Gasteiger partial charge in [-0.05, 0) is 50.6 Å². The van der Waals surface area contributed by atoms with Crippen LogP contribution in [0.1, 0.15) is 19.4 Å². The molecule has 2 atom stereocenters. The van der Waals surface area contributed by atoms with Crippen LogP contribution in [0.4, 0.5) is 20.7 Å². The standard InChI is InChI=1S/C29H29FN6O4S/c1-15-9-19(27-22(10-15)34-26(38-6)14-32-27)28-35-21-11-20(30)23(12-24(21)41-28)39-16(2)17(3)40-29(37)33-18-7-8-25(31-13-18)36(4)5/h7-14,16-17H,1-6H3,(H,33,37)/t16-,17+/m0/s1. The molecule has 5 rings (SSSR count). The van der Waals surface area contributed by atoms with Crippen molar-refractivity contribution < 1.29 is 23.4 Å². The van der Waals surface area contributed by atoms with Gasteiger partial charge in [-0.25, -0.2) is 29.1 Å². The fraction of sp³-hybridized carbons (Fsp3) is 0.276. The molecule has 0 saturated heterocycles. The van der Waals surface area contributed by atoms with Crippen LogP contribution in [0.15, 0.2) is 48.8 Å². The van der Waals surface area contributed by atoms with E-state index in [2.05, 4.69) is 25.3 Å². The van der Waals surface area contributed by atoms with Crippen LogP contribution in [0.25, 0.3) is 31.8 Å². The molecule has 1 N–H and O–H groups in total. The third kappa shape index (κ3) is 6.12. The Morgan fingerprint density at radius 1 is 1.02 bits per heavy atom. The van der Waals surface area contributed by atoms with Crippen LogP contribution >= 0.6 is 11.3 Å². The van der Waals surface area contributed by atoms with Gasteiger partial charge in [-0.15, -0.1) is 11.3 Å². The van der Waals surface area contributed by atoms with Gasteiger partial charge in [-0.2, -0.15) is 0 Å². The SMILES string of the molecule is COc1cnc2c(-c3nc4cc(F)c(O[C@@H](C)[C@@H](C)OC(=O)Nc5ccc(N(C)C)nc5)cc4s3)cc(C)cc2n1. The summed E-state index contributed by atoms with van der Waals surface area (Å²) in [7, 11) is 5.29. The molecule has 0 saturated carbocycles. The summed E-state index contributed by atoms with van der Waals surface area (Å²) in [6, 6.07) is 10.4. The maximum absolute atomic E-state index is 15.1. The van der Waals surface area contributed by atoms with Gasteiger partial charge < -0.3 is 19.1 Å². The van der Waals surface area contributed by atoms with Gasteiger partial charge >= 0.3 is 6.09 Å². The molecule has 0 unspecified atom stereocenters. The van der Waals surface area contributed by atoms with Gasteiger partial charge in [0.25, 0.3) is 0 Å². The van der Waals surface area contributed by atoms with Gasteiger partial charge in [0.05, 0.1) is 46.4 Å². The number of nitrogens with zero attached hydrogens (tertiary/aromatic N) is 5. The van der Waals surface area contributed by atoms with Crippen molar-refractivity contribution in [2.24, 2.45) is 0 Å². The van der Waals surface area contributed by atoms with Crippen LogP contribution in [0.2, 0.25) is 0 Å². The van der Waals surface area contributed by atoms with E-state index in [1.807, 2.05) is 38.1 Å². The molecule has 41 heavy (non-hydrogen) atoms. The maximum Gasteiger partial charge on any atom is 0.412 e. The third-order valence-electron chi connectivity index (χ3n) is 6.37. The molecule has 2 aromatic carbocycles. The third-order valence-corrected chi connectivity index (χ3v) is 7.42. The minimum absolute atomic E-state index is 0.0400. The van der Waals surface area contributed by atoms with Crippen LogP contribution < -0.4 is 19.7 Å². The number of hydrogen-bond acceptors (Lipinski definition) is 10. The van der Waals surface area contributed by atoms with E-state index in [1.165, 1.54) is 23.6 Å². The second kappa shape index (κ2) is 11.5. The fourth-order valence-electron chi connectivity index (χ4n) is 4.08. The predicted molar refractivity (Wildman–Crippen MR) is 158 cm³/mol. The van der Waals surface area contributed by atoms with Crippen LogP contribution in [-0.4, -0.2) is 59.4 Å². The second-order valence-corrected chi connectivity index (χ2v) is 10.8. The van der Waals surface area contributed by atoms with E-state index in [1.54, 1.807) is 45.4 Å². The molecule has 0 bridgehead atoms. The zero-order valence-electron chi connectivity index (χ0n) is 23.4. The van der Waals surface area contributed by atoms with Crippen molar-refractivity contribution >= 4 is 50.2 Å². The molecule has 0 fully saturated rings. The highest BCUT2D eigenvalue weighted by molar-refractivity contribution is 7.21. The average Bonchev–Trinajstić information content (AvgIpc) is 3.34. The molecule has 0 radical (unpaired) electrons.